The lowest BCUT2D eigenvalue weighted by atomic mass is 9.91. The van der Waals surface area contributed by atoms with Gasteiger partial charge in [-0.3, -0.25) is 4.79 Å². The van der Waals surface area contributed by atoms with E-state index in [1.807, 2.05) is 26.0 Å². The molecule has 0 unspecified atom stereocenters. The molecule has 0 heterocycles. The highest BCUT2D eigenvalue weighted by Gasteiger charge is 2.23. The Bertz CT molecular complexity index is 374. The predicted octanol–water partition coefficient (Wildman–Crippen LogP) is 3.22. The van der Waals surface area contributed by atoms with E-state index >= 15 is 0 Å². The second kappa shape index (κ2) is 5.21. The van der Waals surface area contributed by atoms with Crippen molar-refractivity contribution in [3.05, 3.63) is 29.3 Å². The van der Waals surface area contributed by atoms with Crippen molar-refractivity contribution in [2.24, 2.45) is 5.41 Å². The summed E-state index contributed by atoms with van der Waals surface area (Å²) >= 11 is 5.92. The first kappa shape index (κ1) is 12.8. The maximum atomic E-state index is 10.6. The molecule has 0 spiro atoms. The molecule has 0 saturated heterocycles. The number of hydrogen-bond donors (Lipinski definition) is 1. The molecule has 3 nitrogen and oxygen atoms in total. The Hall–Kier alpha value is -1.22. The van der Waals surface area contributed by atoms with Crippen LogP contribution in [0.3, 0.4) is 0 Å². The number of benzene rings is 1. The van der Waals surface area contributed by atoms with E-state index in [0.29, 0.717) is 17.4 Å². The summed E-state index contributed by atoms with van der Waals surface area (Å²) in [5.74, 6) is -0.240. The first-order valence-corrected chi connectivity index (χ1v) is 5.38. The van der Waals surface area contributed by atoms with Crippen LogP contribution in [0.2, 0.25) is 5.02 Å². The van der Waals surface area contributed by atoms with Gasteiger partial charge in [-0.15, -0.1) is 0 Å². The van der Waals surface area contributed by atoms with Crippen LogP contribution in [-0.4, -0.2) is 17.7 Å². The SMILES string of the molecule is CC(C)(COc1ccccc1Cl)CC(=O)O. The highest BCUT2D eigenvalue weighted by Crippen LogP contribution is 2.27. The molecule has 1 N–H and O–H groups in total. The minimum Gasteiger partial charge on any atom is -0.491 e. The predicted molar refractivity (Wildman–Crippen MR) is 63.0 cm³/mol. The van der Waals surface area contributed by atoms with E-state index < -0.39 is 11.4 Å². The molecule has 0 radical (unpaired) electrons. The van der Waals surface area contributed by atoms with Crippen LogP contribution in [0.1, 0.15) is 20.3 Å². The topological polar surface area (TPSA) is 46.5 Å². The smallest absolute Gasteiger partial charge is 0.304 e. The van der Waals surface area contributed by atoms with Gasteiger partial charge in [0.25, 0.3) is 0 Å². The molecule has 1 rings (SSSR count). The maximum absolute atomic E-state index is 10.6. The molecule has 0 aliphatic rings. The first-order chi connectivity index (χ1) is 7.41. The van der Waals surface area contributed by atoms with Crippen molar-refractivity contribution >= 4 is 17.6 Å². The van der Waals surface area contributed by atoms with Crippen LogP contribution in [0.25, 0.3) is 0 Å². The number of hydrogen-bond acceptors (Lipinski definition) is 2. The zero-order valence-electron chi connectivity index (χ0n) is 9.37. The van der Waals surface area contributed by atoms with Gasteiger partial charge in [-0.05, 0) is 12.1 Å². The lowest BCUT2D eigenvalue weighted by Crippen LogP contribution is -2.24. The summed E-state index contributed by atoms with van der Waals surface area (Å²) in [5.41, 5.74) is -0.412. The van der Waals surface area contributed by atoms with E-state index in [1.165, 1.54) is 0 Å². The van der Waals surface area contributed by atoms with Crippen molar-refractivity contribution in [3.63, 3.8) is 0 Å². The zero-order valence-corrected chi connectivity index (χ0v) is 10.1. The number of rotatable bonds is 5. The fourth-order valence-corrected chi connectivity index (χ4v) is 1.49. The van der Waals surface area contributed by atoms with Gasteiger partial charge < -0.3 is 9.84 Å². The standard InChI is InChI=1S/C12H15ClO3/c1-12(2,7-11(14)15)8-16-10-6-4-3-5-9(10)13/h3-6H,7-8H2,1-2H3,(H,14,15). The third-order valence-corrected chi connectivity index (χ3v) is 2.40. The zero-order chi connectivity index (χ0) is 12.2. The Kier molecular flexibility index (Phi) is 4.19. The van der Waals surface area contributed by atoms with E-state index in [4.69, 9.17) is 21.4 Å². The molecule has 0 saturated carbocycles. The summed E-state index contributed by atoms with van der Waals surface area (Å²) in [4.78, 5) is 10.6. The van der Waals surface area contributed by atoms with E-state index in [0.717, 1.165) is 0 Å². The van der Waals surface area contributed by atoms with Gasteiger partial charge in [-0.25, -0.2) is 0 Å². The van der Waals surface area contributed by atoms with Crippen LogP contribution in [-0.2, 0) is 4.79 Å². The summed E-state index contributed by atoms with van der Waals surface area (Å²) in [6, 6.07) is 7.14. The second-order valence-corrected chi connectivity index (χ2v) is 4.86. The molecule has 0 atom stereocenters. The van der Waals surface area contributed by atoms with Gasteiger partial charge in [0.1, 0.15) is 5.75 Å². The number of halogens is 1. The molecule has 16 heavy (non-hydrogen) atoms. The van der Waals surface area contributed by atoms with Crippen molar-refractivity contribution < 1.29 is 14.6 Å². The quantitative estimate of drug-likeness (QED) is 0.862. The van der Waals surface area contributed by atoms with E-state index in [1.54, 1.807) is 12.1 Å². The Morgan fingerprint density at radius 2 is 2.06 bits per heavy atom. The lowest BCUT2D eigenvalue weighted by Gasteiger charge is -2.22. The molecule has 1 aromatic rings. The number of carboxylic acid groups (broad SMARTS) is 1. The Balaban J connectivity index is 2.57. The summed E-state index contributed by atoms with van der Waals surface area (Å²) < 4.78 is 5.51. The second-order valence-electron chi connectivity index (χ2n) is 4.45. The molecule has 1 aromatic carbocycles. The molecule has 0 bridgehead atoms. The fourth-order valence-electron chi connectivity index (χ4n) is 1.30. The Labute approximate surface area is 100.0 Å². The van der Waals surface area contributed by atoms with Crippen molar-refractivity contribution in [1.29, 1.82) is 0 Å². The fraction of sp³-hybridized carbons (Fsp3) is 0.417. The third kappa shape index (κ3) is 4.11. The molecule has 4 heteroatoms. The number of carbonyl (C=O) groups is 1. The van der Waals surface area contributed by atoms with Gasteiger partial charge in [-0.2, -0.15) is 0 Å². The van der Waals surface area contributed by atoms with Crippen LogP contribution in [0.4, 0.5) is 0 Å². The van der Waals surface area contributed by atoms with E-state index in [-0.39, 0.29) is 6.42 Å². The molecule has 0 fully saturated rings. The van der Waals surface area contributed by atoms with Crippen LogP contribution >= 0.6 is 11.6 Å². The normalized spacial score (nSPS) is 11.2. The summed E-state index contributed by atoms with van der Waals surface area (Å²) in [6.07, 6.45) is 0.0669. The minimum absolute atomic E-state index is 0.0669. The summed E-state index contributed by atoms with van der Waals surface area (Å²) in [6.45, 7) is 4.01. The number of para-hydroxylation sites is 1. The third-order valence-electron chi connectivity index (χ3n) is 2.08. The largest absolute Gasteiger partial charge is 0.491 e. The van der Waals surface area contributed by atoms with Gasteiger partial charge in [0.15, 0.2) is 0 Å². The lowest BCUT2D eigenvalue weighted by molar-refractivity contribution is -0.139. The number of carboxylic acids is 1. The number of ether oxygens (including phenoxy) is 1. The molecule has 0 aromatic heterocycles. The van der Waals surface area contributed by atoms with Gasteiger partial charge in [0.05, 0.1) is 18.1 Å². The highest BCUT2D eigenvalue weighted by molar-refractivity contribution is 6.32. The van der Waals surface area contributed by atoms with Crippen LogP contribution in [0.15, 0.2) is 24.3 Å². The van der Waals surface area contributed by atoms with Crippen molar-refractivity contribution in [1.82, 2.24) is 0 Å². The first-order valence-electron chi connectivity index (χ1n) is 5.00. The molecule has 0 aliphatic carbocycles. The Morgan fingerprint density at radius 3 is 2.62 bits per heavy atom. The van der Waals surface area contributed by atoms with E-state index in [2.05, 4.69) is 0 Å². The summed E-state index contributed by atoms with van der Waals surface area (Å²) in [7, 11) is 0. The van der Waals surface area contributed by atoms with Crippen molar-refractivity contribution in [2.75, 3.05) is 6.61 Å². The van der Waals surface area contributed by atoms with E-state index in [9.17, 15) is 4.79 Å². The van der Waals surface area contributed by atoms with Crippen molar-refractivity contribution in [3.8, 4) is 5.75 Å². The van der Waals surface area contributed by atoms with Crippen LogP contribution in [0.5, 0.6) is 5.75 Å². The minimum atomic E-state index is -0.826. The van der Waals surface area contributed by atoms with Crippen LogP contribution in [0, 0.1) is 5.41 Å². The van der Waals surface area contributed by atoms with Gasteiger partial charge in [0.2, 0.25) is 0 Å². The number of aliphatic carboxylic acids is 1. The van der Waals surface area contributed by atoms with Crippen molar-refractivity contribution in [2.45, 2.75) is 20.3 Å². The molecular formula is C12H15ClO3. The Morgan fingerprint density at radius 1 is 1.44 bits per heavy atom. The average Bonchev–Trinajstić information content (AvgIpc) is 2.14. The summed E-state index contributed by atoms with van der Waals surface area (Å²) in [5, 5.41) is 9.26. The monoisotopic (exact) mass is 242 g/mol. The molecular weight excluding hydrogens is 228 g/mol. The maximum Gasteiger partial charge on any atom is 0.304 e. The van der Waals surface area contributed by atoms with Gasteiger partial charge in [-0.1, -0.05) is 37.6 Å². The molecule has 0 amide bonds. The molecule has 0 aliphatic heterocycles. The highest BCUT2D eigenvalue weighted by atomic mass is 35.5. The van der Waals surface area contributed by atoms with Crippen LogP contribution < -0.4 is 4.74 Å². The molecule has 88 valence electrons. The van der Waals surface area contributed by atoms with Gasteiger partial charge >= 0.3 is 5.97 Å². The van der Waals surface area contributed by atoms with Gasteiger partial charge in [0, 0.05) is 5.41 Å². The average molecular weight is 243 g/mol.